The van der Waals surface area contributed by atoms with Gasteiger partial charge < -0.3 is 4.90 Å². The van der Waals surface area contributed by atoms with Crippen LogP contribution in [0.2, 0.25) is 0 Å². The summed E-state index contributed by atoms with van der Waals surface area (Å²) in [5.41, 5.74) is -0.174. The summed E-state index contributed by atoms with van der Waals surface area (Å²) in [5.74, 6) is -3.95. The van der Waals surface area contributed by atoms with Crippen molar-refractivity contribution in [3.8, 4) is 0 Å². The lowest BCUT2D eigenvalue weighted by Gasteiger charge is -2.38. The van der Waals surface area contributed by atoms with E-state index in [0.29, 0.717) is 51.0 Å². The van der Waals surface area contributed by atoms with Gasteiger partial charge in [-0.2, -0.15) is 0 Å². The maximum Gasteiger partial charge on any atom is 0.253 e. The van der Waals surface area contributed by atoms with Gasteiger partial charge in [-0.1, -0.05) is 0 Å². The predicted octanol–water partition coefficient (Wildman–Crippen LogP) is 3.67. The minimum absolute atomic E-state index is 0.0650. The molecule has 0 bridgehead atoms. The van der Waals surface area contributed by atoms with Crippen molar-refractivity contribution in [2.45, 2.75) is 25.3 Å². The van der Waals surface area contributed by atoms with Crippen LogP contribution in [-0.2, 0) is 4.79 Å². The number of likely N-dealkylation sites (tertiary alicyclic amines) is 1. The number of amides is 2. The van der Waals surface area contributed by atoms with Crippen LogP contribution in [0.4, 0.5) is 17.6 Å². The Morgan fingerprint density at radius 3 is 2.25 bits per heavy atom. The summed E-state index contributed by atoms with van der Waals surface area (Å²) < 4.78 is 54.2. The molecule has 2 amide bonds. The molecular formula is C23H21F4N3O2. The molecule has 9 heteroatoms. The molecule has 1 atom stereocenters. The molecular weight excluding hydrogens is 426 g/mol. The number of carbonyl (C=O) groups excluding carboxylic acids is 2. The molecule has 3 saturated heterocycles. The quantitative estimate of drug-likeness (QED) is 0.660. The Labute approximate surface area is 182 Å². The smallest absolute Gasteiger partial charge is 0.253 e. The zero-order valence-corrected chi connectivity index (χ0v) is 17.2. The van der Waals surface area contributed by atoms with Gasteiger partial charge >= 0.3 is 0 Å². The molecule has 32 heavy (non-hydrogen) atoms. The lowest BCUT2D eigenvalue weighted by molar-refractivity contribution is -0.144. The first-order chi connectivity index (χ1) is 15.3. The summed E-state index contributed by atoms with van der Waals surface area (Å²) in [6, 6.07) is 5.96. The van der Waals surface area contributed by atoms with E-state index < -0.39 is 40.6 Å². The first kappa shape index (κ1) is 20.9. The largest absolute Gasteiger partial charge is 0.339 e. The zero-order chi connectivity index (χ0) is 22.6. The fourth-order valence-corrected chi connectivity index (χ4v) is 5.18. The van der Waals surface area contributed by atoms with Crippen LogP contribution < -0.4 is 0 Å². The topological polar surface area (TPSA) is 43.9 Å². The van der Waals surface area contributed by atoms with E-state index in [0.717, 1.165) is 18.2 Å². The van der Waals surface area contributed by atoms with Gasteiger partial charge in [0.25, 0.3) is 5.91 Å². The van der Waals surface area contributed by atoms with E-state index in [1.165, 1.54) is 18.2 Å². The van der Waals surface area contributed by atoms with Gasteiger partial charge in [0.05, 0.1) is 11.5 Å². The highest BCUT2D eigenvalue weighted by Gasteiger charge is 2.56. The normalized spacial score (nSPS) is 22.6. The zero-order valence-electron chi connectivity index (χ0n) is 17.2. The highest BCUT2D eigenvalue weighted by molar-refractivity contribution is 5.94. The van der Waals surface area contributed by atoms with Crippen LogP contribution in [0.15, 0.2) is 36.4 Å². The second-order valence-electron chi connectivity index (χ2n) is 8.75. The molecule has 3 aliphatic rings. The van der Waals surface area contributed by atoms with Crippen molar-refractivity contribution in [3.05, 3.63) is 70.8 Å². The molecule has 0 aromatic heterocycles. The molecule has 0 radical (unpaired) electrons. The van der Waals surface area contributed by atoms with Crippen LogP contribution in [0.1, 0.15) is 41.2 Å². The van der Waals surface area contributed by atoms with Crippen molar-refractivity contribution >= 4 is 11.8 Å². The Balaban J connectivity index is 1.31. The van der Waals surface area contributed by atoms with Crippen molar-refractivity contribution in [2.24, 2.45) is 5.41 Å². The lowest BCUT2D eigenvalue weighted by atomic mass is 9.77. The van der Waals surface area contributed by atoms with Crippen LogP contribution >= 0.6 is 0 Å². The summed E-state index contributed by atoms with van der Waals surface area (Å²) in [6.45, 7) is 1.72. The second kappa shape index (κ2) is 7.58. The van der Waals surface area contributed by atoms with Gasteiger partial charge in [-0.05, 0) is 55.2 Å². The minimum Gasteiger partial charge on any atom is -0.339 e. The maximum absolute atomic E-state index is 13.7. The van der Waals surface area contributed by atoms with Gasteiger partial charge in [-0.15, -0.1) is 0 Å². The molecule has 5 rings (SSSR count). The van der Waals surface area contributed by atoms with Crippen LogP contribution in [0, 0.1) is 28.7 Å². The van der Waals surface area contributed by atoms with Gasteiger partial charge in [0.2, 0.25) is 5.91 Å². The van der Waals surface area contributed by atoms with Gasteiger partial charge in [0.1, 0.15) is 11.6 Å². The van der Waals surface area contributed by atoms with Crippen LogP contribution in [0.5, 0.6) is 0 Å². The highest BCUT2D eigenvalue weighted by atomic mass is 19.2. The molecule has 2 aromatic rings. The lowest BCUT2D eigenvalue weighted by Crippen LogP contribution is -2.48. The fraction of sp³-hybridized carbons (Fsp3) is 0.391. The van der Waals surface area contributed by atoms with E-state index in [-0.39, 0.29) is 11.5 Å². The first-order valence-corrected chi connectivity index (χ1v) is 10.6. The third-order valence-electron chi connectivity index (χ3n) is 6.85. The monoisotopic (exact) mass is 447 g/mol. The van der Waals surface area contributed by atoms with Crippen LogP contribution in [0.3, 0.4) is 0 Å². The van der Waals surface area contributed by atoms with Crippen LogP contribution in [-0.4, -0.2) is 52.9 Å². The first-order valence-electron chi connectivity index (χ1n) is 10.6. The molecule has 0 N–H and O–H groups in total. The van der Waals surface area contributed by atoms with E-state index >= 15 is 0 Å². The van der Waals surface area contributed by atoms with Crippen molar-refractivity contribution in [3.63, 3.8) is 0 Å². The Kier molecular flexibility index (Phi) is 4.96. The minimum atomic E-state index is -1.08. The number of carbonyl (C=O) groups is 2. The summed E-state index contributed by atoms with van der Waals surface area (Å²) >= 11 is 0. The molecule has 0 aliphatic carbocycles. The third kappa shape index (κ3) is 3.35. The van der Waals surface area contributed by atoms with Crippen molar-refractivity contribution < 1.29 is 27.2 Å². The van der Waals surface area contributed by atoms with Crippen molar-refractivity contribution in [2.75, 3.05) is 26.2 Å². The van der Waals surface area contributed by atoms with Gasteiger partial charge in [0.15, 0.2) is 11.6 Å². The molecule has 3 heterocycles. The van der Waals surface area contributed by atoms with Crippen molar-refractivity contribution in [1.82, 2.24) is 14.9 Å². The Bertz CT molecular complexity index is 1080. The molecule has 5 nitrogen and oxygen atoms in total. The van der Waals surface area contributed by atoms with E-state index in [1.54, 1.807) is 9.91 Å². The predicted molar refractivity (Wildman–Crippen MR) is 106 cm³/mol. The highest BCUT2D eigenvalue weighted by Crippen LogP contribution is 2.47. The second-order valence-corrected chi connectivity index (χ2v) is 8.75. The number of hydrazine groups is 1. The number of hydrogen-bond acceptors (Lipinski definition) is 3. The molecule has 0 saturated carbocycles. The summed E-state index contributed by atoms with van der Waals surface area (Å²) in [7, 11) is 0. The summed E-state index contributed by atoms with van der Waals surface area (Å²) in [4.78, 5) is 27.7. The summed E-state index contributed by atoms with van der Waals surface area (Å²) in [5, 5.41) is 3.56. The van der Waals surface area contributed by atoms with E-state index in [2.05, 4.69) is 0 Å². The SMILES string of the molecule is O=C(c1ccc(F)c(F)c1)N1CCC2(CC1)CN1CC[C@@H](c3cc(F)cc(F)c3)N1C2=O. The average Bonchev–Trinajstić information content (AvgIpc) is 3.28. The van der Waals surface area contributed by atoms with E-state index in [4.69, 9.17) is 0 Å². The number of fused-ring (bicyclic) bond motifs is 1. The standard InChI is InChI=1S/C23H21F4N3O2/c24-16-9-15(10-17(25)12-16)20-3-6-29-13-23(22(32)30(20)29)4-7-28(8-5-23)21(31)14-1-2-18(26)19(27)11-14/h1-2,9-12,20H,3-8,13H2/t20-/m0/s1. The Morgan fingerprint density at radius 2 is 1.59 bits per heavy atom. The van der Waals surface area contributed by atoms with Crippen LogP contribution in [0.25, 0.3) is 0 Å². The number of benzene rings is 2. The number of piperidine rings is 1. The molecule has 2 aromatic carbocycles. The average molecular weight is 447 g/mol. The molecule has 3 aliphatic heterocycles. The molecule has 3 fully saturated rings. The third-order valence-corrected chi connectivity index (χ3v) is 6.85. The number of halogens is 4. The van der Waals surface area contributed by atoms with Gasteiger partial charge in [-0.3, -0.25) is 14.6 Å². The number of rotatable bonds is 2. The van der Waals surface area contributed by atoms with Gasteiger partial charge in [-0.25, -0.2) is 22.6 Å². The van der Waals surface area contributed by atoms with E-state index in [9.17, 15) is 27.2 Å². The van der Waals surface area contributed by atoms with Gasteiger partial charge in [0, 0.05) is 37.8 Å². The Morgan fingerprint density at radius 1 is 0.906 bits per heavy atom. The maximum atomic E-state index is 13.7. The number of hydrogen-bond donors (Lipinski definition) is 0. The molecule has 168 valence electrons. The summed E-state index contributed by atoms with van der Waals surface area (Å²) in [6.07, 6.45) is 1.45. The fourth-order valence-electron chi connectivity index (χ4n) is 5.18. The molecule has 1 spiro atoms. The molecule has 0 unspecified atom stereocenters. The number of nitrogens with zero attached hydrogens (tertiary/aromatic N) is 3. The Hall–Kier alpha value is -2.94. The van der Waals surface area contributed by atoms with E-state index in [1.807, 2.05) is 5.01 Å². The van der Waals surface area contributed by atoms with Crippen molar-refractivity contribution in [1.29, 1.82) is 0 Å².